The van der Waals surface area contributed by atoms with Crippen molar-refractivity contribution in [1.82, 2.24) is 14.8 Å². The van der Waals surface area contributed by atoms with E-state index in [4.69, 9.17) is 25.5 Å². The van der Waals surface area contributed by atoms with Crippen LogP contribution < -0.4 is 4.74 Å². The van der Waals surface area contributed by atoms with E-state index in [0.29, 0.717) is 39.6 Å². The van der Waals surface area contributed by atoms with E-state index in [1.54, 1.807) is 42.0 Å². The van der Waals surface area contributed by atoms with Gasteiger partial charge in [0.2, 0.25) is 0 Å². The fourth-order valence-electron chi connectivity index (χ4n) is 2.67. The lowest BCUT2D eigenvalue weighted by atomic mass is 10.1. The molecule has 2 heterocycles. The molecule has 3 aromatic rings. The maximum Gasteiger partial charge on any atom is 0.313 e. The van der Waals surface area contributed by atoms with Gasteiger partial charge in [-0.1, -0.05) is 23.4 Å². The highest BCUT2D eigenvalue weighted by molar-refractivity contribution is 7.99. The third-order valence-corrected chi connectivity index (χ3v) is 5.36. The summed E-state index contributed by atoms with van der Waals surface area (Å²) in [6.45, 7) is 2.36. The number of ketones is 1. The molecule has 0 aliphatic rings. The Morgan fingerprint density at radius 1 is 1.27 bits per heavy atom. The molecular formula is C20H20ClN3O5S. The highest BCUT2D eigenvalue weighted by Crippen LogP contribution is 2.26. The summed E-state index contributed by atoms with van der Waals surface area (Å²) in [5.41, 5.74) is 0.470. The normalized spacial score (nSPS) is 10.8. The molecular weight excluding hydrogens is 430 g/mol. The number of benzene rings is 1. The number of thioether (sulfide) groups is 1. The molecule has 2 aromatic heterocycles. The van der Waals surface area contributed by atoms with Crippen molar-refractivity contribution < 1.29 is 23.5 Å². The number of esters is 1. The number of rotatable bonds is 10. The molecule has 8 nitrogen and oxygen atoms in total. The molecule has 0 unspecified atom stereocenters. The minimum atomic E-state index is -0.397. The Bertz CT molecular complexity index is 1020. The van der Waals surface area contributed by atoms with E-state index in [1.165, 1.54) is 18.9 Å². The van der Waals surface area contributed by atoms with Gasteiger partial charge in [0.1, 0.15) is 23.8 Å². The van der Waals surface area contributed by atoms with Crippen LogP contribution in [-0.2, 0) is 22.5 Å². The van der Waals surface area contributed by atoms with E-state index in [9.17, 15) is 9.59 Å². The van der Waals surface area contributed by atoms with E-state index >= 15 is 0 Å². The smallest absolute Gasteiger partial charge is 0.313 e. The topological polar surface area (TPSA) is 96.5 Å². The summed E-state index contributed by atoms with van der Waals surface area (Å²) in [7, 11) is 1.51. The molecule has 158 valence electrons. The van der Waals surface area contributed by atoms with Crippen LogP contribution in [0.25, 0.3) is 0 Å². The van der Waals surface area contributed by atoms with Gasteiger partial charge in [0.25, 0.3) is 0 Å². The van der Waals surface area contributed by atoms with Crippen molar-refractivity contribution in [1.29, 1.82) is 0 Å². The highest BCUT2D eigenvalue weighted by atomic mass is 35.5. The van der Waals surface area contributed by atoms with Gasteiger partial charge >= 0.3 is 5.97 Å². The van der Waals surface area contributed by atoms with Crippen molar-refractivity contribution in [3.63, 3.8) is 0 Å². The van der Waals surface area contributed by atoms with E-state index in [-0.39, 0.29) is 24.6 Å². The average molecular weight is 450 g/mol. The Kier molecular flexibility index (Phi) is 7.53. The van der Waals surface area contributed by atoms with E-state index in [2.05, 4.69) is 10.2 Å². The summed E-state index contributed by atoms with van der Waals surface area (Å²) in [5, 5.41) is 9.12. The summed E-state index contributed by atoms with van der Waals surface area (Å²) < 4.78 is 17.3. The number of hydrogen-bond acceptors (Lipinski definition) is 8. The Labute approximate surface area is 182 Å². The molecule has 0 aliphatic heterocycles. The molecule has 0 N–H and O–H groups in total. The zero-order chi connectivity index (χ0) is 21.5. The first-order valence-electron chi connectivity index (χ1n) is 9.11. The maximum atomic E-state index is 12.6. The molecule has 0 saturated carbocycles. The number of nitrogens with zero attached hydrogens (tertiary/aromatic N) is 3. The number of ether oxygens (including phenoxy) is 2. The van der Waals surface area contributed by atoms with Gasteiger partial charge in [-0.05, 0) is 37.3 Å². The zero-order valence-corrected chi connectivity index (χ0v) is 18.0. The van der Waals surface area contributed by atoms with Crippen molar-refractivity contribution >= 4 is 35.1 Å². The van der Waals surface area contributed by atoms with Crippen LogP contribution in [0.2, 0.25) is 5.02 Å². The van der Waals surface area contributed by atoms with Gasteiger partial charge in [0, 0.05) is 5.56 Å². The highest BCUT2D eigenvalue weighted by Gasteiger charge is 2.19. The molecule has 30 heavy (non-hydrogen) atoms. The van der Waals surface area contributed by atoms with Crippen LogP contribution in [0.5, 0.6) is 5.75 Å². The van der Waals surface area contributed by atoms with Gasteiger partial charge in [0.05, 0.1) is 37.3 Å². The molecule has 3 rings (SSSR count). The number of carbonyl (C=O) groups excluding carboxylic acids is 2. The van der Waals surface area contributed by atoms with Crippen LogP contribution in [0.4, 0.5) is 0 Å². The molecule has 0 radical (unpaired) electrons. The Morgan fingerprint density at radius 2 is 2.10 bits per heavy atom. The number of furan rings is 1. The molecule has 0 atom stereocenters. The number of carbonyl (C=O) groups is 2. The molecule has 10 heteroatoms. The summed E-state index contributed by atoms with van der Waals surface area (Å²) in [4.78, 5) is 24.5. The number of aromatic nitrogens is 3. The van der Waals surface area contributed by atoms with Gasteiger partial charge < -0.3 is 13.9 Å². The molecule has 0 aliphatic carbocycles. The molecule has 0 bridgehead atoms. The van der Waals surface area contributed by atoms with Crippen LogP contribution in [0.3, 0.4) is 0 Å². The van der Waals surface area contributed by atoms with Gasteiger partial charge in [-0.25, -0.2) is 0 Å². The van der Waals surface area contributed by atoms with E-state index < -0.39 is 5.97 Å². The van der Waals surface area contributed by atoms with Crippen molar-refractivity contribution in [2.45, 2.75) is 25.0 Å². The Balaban J connectivity index is 1.75. The van der Waals surface area contributed by atoms with Crippen molar-refractivity contribution in [2.24, 2.45) is 0 Å². The number of Topliss-reactive ketones (excluding diaryl/α,β-unsaturated/α-hetero) is 1. The molecule has 0 spiro atoms. The molecule has 0 amide bonds. The lowest BCUT2D eigenvalue weighted by molar-refractivity contribution is -0.142. The van der Waals surface area contributed by atoms with Gasteiger partial charge in [-0.15, -0.1) is 10.2 Å². The fourth-order valence-corrected chi connectivity index (χ4v) is 3.78. The quantitative estimate of drug-likeness (QED) is 0.263. The second kappa shape index (κ2) is 10.3. The summed E-state index contributed by atoms with van der Waals surface area (Å²) >= 11 is 7.33. The lowest BCUT2D eigenvalue weighted by Crippen LogP contribution is -2.14. The van der Waals surface area contributed by atoms with E-state index in [1.807, 2.05) is 6.07 Å². The van der Waals surface area contributed by atoms with Crippen LogP contribution >= 0.6 is 23.4 Å². The van der Waals surface area contributed by atoms with Crippen molar-refractivity contribution in [3.05, 3.63) is 58.8 Å². The second-order valence-corrected chi connectivity index (χ2v) is 7.46. The number of methoxy groups -OCH3 is 1. The SMILES string of the molecule is CCOC(=O)Cc1nnc(SCC(=O)c2ccc(OC)c(Cl)c2)n1Cc1ccco1. The molecule has 1 aromatic carbocycles. The predicted molar refractivity (Wildman–Crippen MR) is 111 cm³/mol. The fraction of sp³-hybridized carbons (Fsp3) is 0.300. The Morgan fingerprint density at radius 3 is 2.77 bits per heavy atom. The predicted octanol–water partition coefficient (Wildman–Crippen LogP) is 3.66. The third-order valence-electron chi connectivity index (χ3n) is 4.10. The molecule has 0 fully saturated rings. The monoisotopic (exact) mass is 449 g/mol. The zero-order valence-electron chi connectivity index (χ0n) is 16.5. The second-order valence-electron chi connectivity index (χ2n) is 6.11. The summed E-state index contributed by atoms with van der Waals surface area (Å²) in [6, 6.07) is 8.47. The van der Waals surface area contributed by atoms with Crippen molar-refractivity contribution in [3.8, 4) is 5.75 Å². The number of halogens is 1. The van der Waals surface area contributed by atoms with Gasteiger partial charge in [-0.3, -0.25) is 14.2 Å². The first kappa shape index (κ1) is 21.9. The first-order chi connectivity index (χ1) is 14.5. The van der Waals surface area contributed by atoms with Gasteiger partial charge in [0.15, 0.2) is 10.9 Å². The number of hydrogen-bond donors (Lipinski definition) is 0. The average Bonchev–Trinajstić information content (AvgIpc) is 3.37. The molecule has 0 saturated heterocycles. The Hall–Kier alpha value is -2.78. The standard InChI is InChI=1S/C20H20ClN3O5S/c1-3-28-19(26)10-18-22-23-20(24(18)11-14-5-4-8-29-14)30-12-16(25)13-6-7-17(27-2)15(21)9-13/h4-9H,3,10-12H2,1-2H3. The minimum Gasteiger partial charge on any atom is -0.495 e. The minimum absolute atomic E-state index is 0.0237. The van der Waals surface area contributed by atoms with Gasteiger partial charge in [-0.2, -0.15) is 0 Å². The first-order valence-corrected chi connectivity index (χ1v) is 10.5. The third kappa shape index (κ3) is 5.43. The maximum absolute atomic E-state index is 12.6. The van der Waals surface area contributed by atoms with E-state index in [0.717, 1.165) is 0 Å². The van der Waals surface area contributed by atoms with Crippen molar-refractivity contribution in [2.75, 3.05) is 19.5 Å². The van der Waals surface area contributed by atoms with Crippen LogP contribution in [0.1, 0.15) is 28.9 Å². The lowest BCUT2D eigenvalue weighted by Gasteiger charge is -2.09. The summed E-state index contributed by atoms with van der Waals surface area (Å²) in [6.07, 6.45) is 1.54. The summed E-state index contributed by atoms with van der Waals surface area (Å²) in [5.74, 6) is 1.22. The van der Waals surface area contributed by atoms with Crippen LogP contribution in [-0.4, -0.2) is 46.0 Å². The van der Waals surface area contributed by atoms with Crippen LogP contribution in [0, 0.1) is 0 Å². The van der Waals surface area contributed by atoms with Crippen LogP contribution in [0.15, 0.2) is 46.2 Å². The largest absolute Gasteiger partial charge is 0.495 e.